The third-order valence-electron chi connectivity index (χ3n) is 4.90. The number of ether oxygens (including phenoxy) is 3. The fourth-order valence-electron chi connectivity index (χ4n) is 3.24. The number of carbonyl (C=O) groups excluding carboxylic acids is 2. The van der Waals surface area contributed by atoms with Gasteiger partial charge in [0.05, 0.1) is 13.4 Å². The van der Waals surface area contributed by atoms with Crippen molar-refractivity contribution in [3.05, 3.63) is 53.6 Å². The van der Waals surface area contributed by atoms with Crippen molar-refractivity contribution in [1.29, 1.82) is 0 Å². The number of aromatic nitrogens is 1. The third kappa shape index (κ3) is 4.55. The first-order chi connectivity index (χ1) is 15.0. The molecule has 1 aliphatic rings. The van der Waals surface area contributed by atoms with Crippen molar-refractivity contribution >= 4 is 12.0 Å². The summed E-state index contributed by atoms with van der Waals surface area (Å²) >= 11 is 0. The first-order valence-corrected chi connectivity index (χ1v) is 9.82. The van der Waals surface area contributed by atoms with Crippen LogP contribution in [0.15, 0.2) is 45.4 Å². The van der Waals surface area contributed by atoms with Crippen molar-refractivity contribution in [2.75, 3.05) is 20.3 Å². The predicted octanol–water partition coefficient (Wildman–Crippen LogP) is 3.74. The van der Waals surface area contributed by atoms with Gasteiger partial charge in [-0.25, -0.2) is 14.7 Å². The van der Waals surface area contributed by atoms with Gasteiger partial charge in [-0.05, 0) is 49.6 Å². The second-order valence-electron chi connectivity index (χ2n) is 6.98. The van der Waals surface area contributed by atoms with Crippen LogP contribution < -0.4 is 9.47 Å². The van der Waals surface area contributed by atoms with E-state index >= 15 is 0 Å². The van der Waals surface area contributed by atoms with Crippen LogP contribution in [-0.2, 0) is 22.6 Å². The van der Waals surface area contributed by atoms with Crippen LogP contribution in [0.4, 0.5) is 4.79 Å². The first kappa shape index (κ1) is 20.5. The first-order valence-electron chi connectivity index (χ1n) is 9.82. The highest BCUT2D eigenvalue weighted by Crippen LogP contribution is 2.30. The predicted molar refractivity (Wildman–Crippen MR) is 108 cm³/mol. The van der Waals surface area contributed by atoms with Crippen molar-refractivity contribution in [2.24, 2.45) is 0 Å². The molecule has 1 fully saturated rings. The molecule has 0 spiro atoms. The van der Waals surface area contributed by atoms with Gasteiger partial charge in [0, 0.05) is 6.54 Å². The van der Waals surface area contributed by atoms with Gasteiger partial charge in [0.2, 0.25) is 0 Å². The number of benzene rings is 1. The second-order valence-corrected chi connectivity index (χ2v) is 6.98. The molecule has 9 heteroatoms. The monoisotopic (exact) mass is 426 g/mol. The van der Waals surface area contributed by atoms with Crippen molar-refractivity contribution in [1.82, 2.24) is 9.88 Å². The van der Waals surface area contributed by atoms with Crippen LogP contribution in [0.3, 0.4) is 0 Å². The summed E-state index contributed by atoms with van der Waals surface area (Å²) in [4.78, 5) is 28.6. The third-order valence-corrected chi connectivity index (χ3v) is 4.90. The smallest absolute Gasteiger partial charge is 0.417 e. The molecule has 9 nitrogen and oxygen atoms in total. The quantitative estimate of drug-likeness (QED) is 0.510. The summed E-state index contributed by atoms with van der Waals surface area (Å²) in [7, 11) is 1.57. The summed E-state index contributed by atoms with van der Waals surface area (Å²) in [5.41, 5.74) is 1.67. The van der Waals surface area contributed by atoms with E-state index in [4.69, 9.17) is 23.0 Å². The van der Waals surface area contributed by atoms with Gasteiger partial charge in [0.1, 0.15) is 18.1 Å². The minimum atomic E-state index is -0.579. The number of hydrogen-bond acceptors (Lipinski definition) is 8. The molecule has 4 rings (SSSR count). The zero-order valence-electron chi connectivity index (χ0n) is 17.3. The number of cyclic esters (lactones) is 1. The lowest BCUT2D eigenvalue weighted by molar-refractivity contribution is -0.125. The Morgan fingerprint density at radius 2 is 2.06 bits per heavy atom. The Morgan fingerprint density at radius 3 is 2.77 bits per heavy atom. The van der Waals surface area contributed by atoms with Crippen LogP contribution in [0.2, 0.25) is 0 Å². The molecule has 31 heavy (non-hydrogen) atoms. The summed E-state index contributed by atoms with van der Waals surface area (Å²) in [6.45, 7) is 2.18. The average Bonchev–Trinajstić information content (AvgIpc) is 3.50. The molecule has 0 radical (unpaired) electrons. The van der Waals surface area contributed by atoms with Crippen LogP contribution in [0.25, 0.3) is 11.7 Å². The van der Waals surface area contributed by atoms with Crippen molar-refractivity contribution < 1.29 is 32.6 Å². The number of amides is 2. The minimum absolute atomic E-state index is 0.174. The van der Waals surface area contributed by atoms with Gasteiger partial charge in [-0.2, -0.15) is 0 Å². The van der Waals surface area contributed by atoms with Gasteiger partial charge in [0.15, 0.2) is 23.9 Å². The van der Waals surface area contributed by atoms with E-state index in [9.17, 15) is 9.59 Å². The molecule has 3 heterocycles. The van der Waals surface area contributed by atoms with E-state index in [1.807, 2.05) is 25.1 Å². The lowest BCUT2D eigenvalue weighted by Crippen LogP contribution is -2.30. The topological polar surface area (TPSA) is 104 Å². The van der Waals surface area contributed by atoms with Crippen LogP contribution in [0.5, 0.6) is 11.5 Å². The van der Waals surface area contributed by atoms with Crippen molar-refractivity contribution in [2.45, 2.75) is 26.4 Å². The highest BCUT2D eigenvalue weighted by Gasteiger charge is 2.30. The molecular weight excluding hydrogens is 404 g/mol. The number of rotatable bonds is 9. The number of nitrogens with zero attached hydrogens (tertiary/aromatic N) is 2. The Morgan fingerprint density at radius 1 is 1.19 bits per heavy atom. The molecule has 3 aromatic rings. The maximum absolute atomic E-state index is 11.6. The molecule has 0 bridgehead atoms. The Balaban J connectivity index is 1.36. The summed E-state index contributed by atoms with van der Waals surface area (Å²) in [6, 6.07) is 9.17. The maximum Gasteiger partial charge on any atom is 0.417 e. The van der Waals surface area contributed by atoms with Crippen LogP contribution >= 0.6 is 0 Å². The SMILES string of the molecule is COc1cc(CCCN2C(=O)COC2=O)ccc1OCc1nc(-c2ccco2)oc1C. The Labute approximate surface area is 178 Å². The number of aryl methyl sites for hydroxylation is 2. The summed E-state index contributed by atoms with van der Waals surface area (Å²) in [5, 5.41) is 0. The fourth-order valence-corrected chi connectivity index (χ4v) is 3.24. The number of carbonyl (C=O) groups is 2. The molecule has 2 aromatic heterocycles. The lowest BCUT2D eigenvalue weighted by Gasteiger charge is -2.13. The molecule has 1 saturated heterocycles. The molecule has 0 unspecified atom stereocenters. The number of methoxy groups -OCH3 is 1. The molecule has 0 N–H and O–H groups in total. The molecule has 1 aliphatic heterocycles. The highest BCUT2D eigenvalue weighted by molar-refractivity contribution is 5.97. The van der Waals surface area contributed by atoms with Gasteiger partial charge in [-0.3, -0.25) is 4.79 Å². The van der Waals surface area contributed by atoms with Gasteiger partial charge < -0.3 is 23.0 Å². The Hall–Kier alpha value is -3.75. The van der Waals surface area contributed by atoms with Crippen LogP contribution in [-0.4, -0.2) is 42.1 Å². The molecule has 2 amide bonds. The largest absolute Gasteiger partial charge is 0.493 e. The summed E-state index contributed by atoms with van der Waals surface area (Å²) in [6.07, 6.45) is 2.27. The fraction of sp³-hybridized carbons (Fsp3) is 0.318. The number of oxazole rings is 1. The average molecular weight is 426 g/mol. The van der Waals surface area contributed by atoms with Crippen molar-refractivity contribution in [3.63, 3.8) is 0 Å². The number of imide groups is 1. The molecule has 0 atom stereocenters. The molecule has 1 aromatic carbocycles. The maximum atomic E-state index is 11.6. The van der Waals surface area contributed by atoms with E-state index < -0.39 is 6.09 Å². The normalized spacial score (nSPS) is 13.5. The van der Waals surface area contributed by atoms with E-state index in [0.717, 1.165) is 10.5 Å². The van der Waals surface area contributed by atoms with Crippen LogP contribution in [0.1, 0.15) is 23.4 Å². The molecule has 0 aliphatic carbocycles. The van der Waals surface area contributed by atoms with E-state index in [1.165, 1.54) is 0 Å². The summed E-state index contributed by atoms with van der Waals surface area (Å²) in [5.74, 6) is 2.47. The Bertz CT molecular complexity index is 1060. The zero-order chi connectivity index (χ0) is 21.8. The number of hydrogen-bond donors (Lipinski definition) is 0. The standard InChI is InChI=1S/C22H22N2O7/c1-14-16(23-21(31-14)18-6-4-10-28-18)12-29-17-8-7-15(11-19(17)27-2)5-3-9-24-20(25)13-30-22(24)26/h4,6-8,10-11H,3,5,9,12-13H2,1-2H3. The van der Waals surface area contributed by atoms with Gasteiger partial charge in [-0.15, -0.1) is 0 Å². The highest BCUT2D eigenvalue weighted by atomic mass is 16.6. The Kier molecular flexibility index (Phi) is 5.92. The van der Waals surface area contributed by atoms with E-state index in [2.05, 4.69) is 4.98 Å². The van der Waals surface area contributed by atoms with E-state index in [0.29, 0.717) is 54.0 Å². The zero-order valence-corrected chi connectivity index (χ0v) is 17.3. The number of furan rings is 1. The summed E-state index contributed by atoms with van der Waals surface area (Å²) < 4.78 is 27.0. The van der Waals surface area contributed by atoms with E-state index in [1.54, 1.807) is 25.5 Å². The van der Waals surface area contributed by atoms with Crippen LogP contribution in [0, 0.1) is 6.92 Å². The molecular formula is C22H22N2O7. The van der Waals surface area contributed by atoms with Gasteiger partial charge in [0.25, 0.3) is 11.8 Å². The minimum Gasteiger partial charge on any atom is -0.493 e. The lowest BCUT2D eigenvalue weighted by atomic mass is 10.1. The van der Waals surface area contributed by atoms with Crippen molar-refractivity contribution in [3.8, 4) is 23.1 Å². The second kappa shape index (κ2) is 8.95. The molecule has 0 saturated carbocycles. The van der Waals surface area contributed by atoms with Gasteiger partial charge >= 0.3 is 6.09 Å². The van der Waals surface area contributed by atoms with E-state index in [-0.39, 0.29) is 19.1 Å². The molecule has 162 valence electrons. The van der Waals surface area contributed by atoms with Gasteiger partial charge in [-0.1, -0.05) is 6.07 Å².